The van der Waals surface area contributed by atoms with Gasteiger partial charge in [-0.1, -0.05) is 59.0 Å². The van der Waals surface area contributed by atoms with Crippen molar-refractivity contribution in [3.8, 4) is 5.75 Å². The summed E-state index contributed by atoms with van der Waals surface area (Å²) in [5.41, 5.74) is 7.14. The summed E-state index contributed by atoms with van der Waals surface area (Å²) in [5, 5.41) is 21.1. The Hall–Kier alpha value is -3.78. The average molecular weight is 628 g/mol. The number of aliphatic hydroxyl groups is 1. The summed E-state index contributed by atoms with van der Waals surface area (Å²) < 4.78 is 5.96. The van der Waals surface area contributed by atoms with Gasteiger partial charge < -0.3 is 15.6 Å². The van der Waals surface area contributed by atoms with Gasteiger partial charge in [-0.05, 0) is 49.2 Å². The van der Waals surface area contributed by atoms with Crippen molar-refractivity contribution in [3.63, 3.8) is 0 Å². The molecule has 210 valence electrons. The van der Waals surface area contributed by atoms with Crippen molar-refractivity contribution in [1.29, 1.82) is 0 Å². The number of nitrogens with zero attached hydrogens (tertiary/aromatic N) is 4. The molecular formula is C27H22ClN5O5S3. The van der Waals surface area contributed by atoms with Crippen LogP contribution in [0.25, 0.3) is 0 Å². The Morgan fingerprint density at radius 1 is 1.10 bits per heavy atom. The Labute approximate surface area is 251 Å². The summed E-state index contributed by atoms with van der Waals surface area (Å²) in [7, 11) is 0. The van der Waals surface area contributed by atoms with Crippen molar-refractivity contribution >= 4 is 68.8 Å². The molecule has 3 N–H and O–H groups in total. The molecule has 2 aromatic carbocycles. The van der Waals surface area contributed by atoms with Gasteiger partial charge in [-0.15, -0.1) is 21.5 Å². The number of thioether (sulfide) groups is 1. The van der Waals surface area contributed by atoms with Crippen LogP contribution in [-0.2, 0) is 15.3 Å². The summed E-state index contributed by atoms with van der Waals surface area (Å²) in [4.78, 5) is 44.3. The van der Waals surface area contributed by atoms with Crippen molar-refractivity contribution in [2.45, 2.75) is 30.0 Å². The number of carbonyl (C=O) groups is 3. The van der Waals surface area contributed by atoms with Gasteiger partial charge in [-0.3, -0.25) is 19.3 Å². The summed E-state index contributed by atoms with van der Waals surface area (Å²) in [6.45, 7) is 3.18. The zero-order valence-corrected chi connectivity index (χ0v) is 24.9. The molecule has 2 aromatic heterocycles. The molecule has 0 bridgehead atoms. The highest BCUT2D eigenvalue weighted by Gasteiger charge is 2.46. The van der Waals surface area contributed by atoms with Crippen LogP contribution in [0.15, 0.2) is 64.2 Å². The number of ketones is 1. The Morgan fingerprint density at radius 3 is 2.44 bits per heavy atom. The number of hydrogen-bond donors (Lipinski definition) is 2. The van der Waals surface area contributed by atoms with Crippen molar-refractivity contribution in [2.24, 2.45) is 5.73 Å². The number of carbonyl (C=O) groups excluding carboxylic acids is 3. The molecule has 0 radical (unpaired) electrons. The third kappa shape index (κ3) is 6.12. The van der Waals surface area contributed by atoms with Gasteiger partial charge in [0.25, 0.3) is 11.8 Å². The Kier molecular flexibility index (Phi) is 8.40. The highest BCUT2D eigenvalue weighted by atomic mass is 35.5. The Morgan fingerprint density at radius 2 is 1.80 bits per heavy atom. The second-order valence-electron chi connectivity index (χ2n) is 8.91. The zero-order chi connectivity index (χ0) is 29.3. The number of nitrogens with two attached hydrogens (primary N) is 1. The van der Waals surface area contributed by atoms with Crippen LogP contribution in [-0.4, -0.2) is 44.5 Å². The van der Waals surface area contributed by atoms with Gasteiger partial charge in [0.05, 0.1) is 27.2 Å². The highest BCUT2D eigenvalue weighted by molar-refractivity contribution is 8.00. The maximum Gasteiger partial charge on any atom is 0.296 e. The zero-order valence-electron chi connectivity index (χ0n) is 21.7. The molecule has 0 saturated heterocycles. The third-order valence-corrected chi connectivity index (χ3v) is 9.47. The molecule has 1 unspecified atom stereocenters. The predicted molar refractivity (Wildman–Crippen MR) is 158 cm³/mol. The van der Waals surface area contributed by atoms with Crippen LogP contribution in [0, 0.1) is 13.8 Å². The molecule has 1 atom stereocenters. The van der Waals surface area contributed by atoms with E-state index in [2.05, 4.69) is 15.2 Å². The van der Waals surface area contributed by atoms with E-state index in [0.29, 0.717) is 42.0 Å². The van der Waals surface area contributed by atoms with Crippen molar-refractivity contribution in [3.05, 3.63) is 91.6 Å². The molecule has 14 heteroatoms. The Bertz CT molecular complexity index is 1670. The summed E-state index contributed by atoms with van der Waals surface area (Å²) in [6, 6.07) is 12.9. The van der Waals surface area contributed by atoms with Gasteiger partial charge in [0.1, 0.15) is 5.75 Å². The largest absolute Gasteiger partial charge is 0.503 e. The number of ether oxygens (including phenoxy) is 1. The summed E-state index contributed by atoms with van der Waals surface area (Å²) in [5.74, 6) is -1.58. The van der Waals surface area contributed by atoms with Crippen LogP contribution in [0.5, 0.6) is 5.75 Å². The number of rotatable bonds is 10. The number of Topliss-reactive ketones (excluding diaryl/α,β-unsaturated/α-hetero) is 1. The number of aromatic nitrogens is 3. The number of thiazole rings is 1. The number of amides is 2. The SMILES string of the molecule is Cc1nc(C)c(C(=O)C2=C(O)C(=O)N(c3nnc(SCc4ccc(Cl)cc4)s3)C2c2ccc(OCC(N)=O)cc2)s1. The van der Waals surface area contributed by atoms with Gasteiger partial charge >= 0.3 is 0 Å². The van der Waals surface area contributed by atoms with E-state index in [-0.39, 0.29) is 17.3 Å². The van der Waals surface area contributed by atoms with E-state index >= 15 is 0 Å². The van der Waals surface area contributed by atoms with Crippen LogP contribution in [0.2, 0.25) is 5.02 Å². The van der Waals surface area contributed by atoms with Crippen LogP contribution in [0.1, 0.15) is 37.5 Å². The van der Waals surface area contributed by atoms with E-state index in [1.54, 1.807) is 50.2 Å². The smallest absolute Gasteiger partial charge is 0.296 e. The first-order valence-electron chi connectivity index (χ1n) is 12.1. The number of primary amides is 1. The van der Waals surface area contributed by atoms with Crippen LogP contribution in [0.3, 0.4) is 0 Å². The molecule has 1 aliphatic heterocycles. The lowest BCUT2D eigenvalue weighted by Gasteiger charge is -2.24. The molecule has 5 rings (SSSR count). The van der Waals surface area contributed by atoms with E-state index in [1.165, 1.54) is 39.3 Å². The van der Waals surface area contributed by atoms with Crippen LogP contribution in [0.4, 0.5) is 5.13 Å². The van der Waals surface area contributed by atoms with E-state index in [4.69, 9.17) is 22.1 Å². The fraction of sp³-hybridized carbons (Fsp3) is 0.185. The number of aliphatic hydroxyl groups excluding tert-OH is 1. The van der Waals surface area contributed by atoms with Gasteiger partial charge in [0, 0.05) is 10.8 Å². The fourth-order valence-corrected chi connectivity index (χ4v) is 7.02. The van der Waals surface area contributed by atoms with Gasteiger partial charge in [-0.25, -0.2) is 4.98 Å². The minimum Gasteiger partial charge on any atom is -0.503 e. The van der Waals surface area contributed by atoms with Crippen molar-refractivity contribution in [2.75, 3.05) is 11.5 Å². The minimum atomic E-state index is -0.996. The first-order chi connectivity index (χ1) is 19.6. The second-order valence-corrected chi connectivity index (χ2v) is 12.7. The molecule has 0 spiro atoms. The number of hydrogen-bond acceptors (Lipinski definition) is 11. The molecule has 4 aromatic rings. The fourth-order valence-electron chi connectivity index (χ4n) is 4.20. The lowest BCUT2D eigenvalue weighted by Crippen LogP contribution is -2.31. The van der Waals surface area contributed by atoms with Crippen LogP contribution >= 0.6 is 46.0 Å². The lowest BCUT2D eigenvalue weighted by atomic mass is 9.95. The third-order valence-electron chi connectivity index (χ3n) is 6.02. The predicted octanol–water partition coefficient (Wildman–Crippen LogP) is 5.20. The molecule has 0 fully saturated rings. The molecule has 1 aliphatic rings. The van der Waals surface area contributed by atoms with Gasteiger partial charge in [-0.2, -0.15) is 0 Å². The van der Waals surface area contributed by atoms with Crippen molar-refractivity contribution < 1.29 is 24.2 Å². The van der Waals surface area contributed by atoms with E-state index in [9.17, 15) is 19.5 Å². The lowest BCUT2D eigenvalue weighted by molar-refractivity contribution is -0.120. The van der Waals surface area contributed by atoms with E-state index in [0.717, 1.165) is 5.56 Å². The average Bonchev–Trinajstić information content (AvgIpc) is 3.62. The monoisotopic (exact) mass is 627 g/mol. The van der Waals surface area contributed by atoms with Gasteiger partial charge in [0.2, 0.25) is 10.9 Å². The maximum atomic E-state index is 13.8. The first kappa shape index (κ1) is 28.7. The second kappa shape index (κ2) is 12.0. The highest BCUT2D eigenvalue weighted by Crippen LogP contribution is 2.44. The molecule has 41 heavy (non-hydrogen) atoms. The van der Waals surface area contributed by atoms with Crippen LogP contribution < -0.4 is 15.4 Å². The topological polar surface area (TPSA) is 149 Å². The summed E-state index contributed by atoms with van der Waals surface area (Å²) in [6.07, 6.45) is 0. The maximum absolute atomic E-state index is 13.8. The molecular weight excluding hydrogens is 606 g/mol. The molecule has 2 amide bonds. The van der Waals surface area contributed by atoms with E-state index < -0.39 is 29.4 Å². The molecule has 10 nitrogen and oxygen atoms in total. The number of halogens is 1. The Balaban J connectivity index is 1.49. The molecule has 0 saturated carbocycles. The minimum absolute atomic E-state index is 0.0851. The van der Waals surface area contributed by atoms with Gasteiger partial charge in [0.15, 0.2) is 16.7 Å². The number of anilines is 1. The molecule has 3 heterocycles. The summed E-state index contributed by atoms with van der Waals surface area (Å²) >= 11 is 9.77. The number of benzene rings is 2. The first-order valence-corrected chi connectivity index (χ1v) is 15.1. The standard InChI is InChI=1S/C27H22ClN5O5S3/c1-13-24(40-14(2)30-13)22(35)20-21(16-5-9-18(10-6-16)38-11-19(29)34)33(25(37)23(20)36)26-31-32-27(41-26)39-12-15-3-7-17(28)8-4-15/h3-10,21,36H,11-12H2,1-2H3,(H2,29,34). The van der Waals surface area contributed by atoms with E-state index in [1.807, 2.05) is 12.1 Å². The quantitative estimate of drug-likeness (QED) is 0.137. The normalized spacial score (nSPS) is 15.0. The van der Waals surface area contributed by atoms with Crippen molar-refractivity contribution in [1.82, 2.24) is 15.2 Å². The number of aryl methyl sites for hydroxylation is 2. The molecule has 0 aliphatic carbocycles.